The van der Waals surface area contributed by atoms with Gasteiger partial charge in [0, 0.05) is 46.2 Å². The van der Waals surface area contributed by atoms with E-state index < -0.39 is 35.4 Å². The van der Waals surface area contributed by atoms with Gasteiger partial charge in [-0.25, -0.2) is 17.6 Å². The summed E-state index contributed by atoms with van der Waals surface area (Å²) in [5.41, 5.74) is -0.0604. The molecule has 0 saturated heterocycles. The van der Waals surface area contributed by atoms with Gasteiger partial charge in [0.25, 0.3) is 0 Å². The van der Waals surface area contributed by atoms with Crippen molar-refractivity contribution < 1.29 is 17.6 Å². The summed E-state index contributed by atoms with van der Waals surface area (Å²) in [7, 11) is 0. The van der Waals surface area contributed by atoms with Gasteiger partial charge in [0.1, 0.15) is 0 Å². The molecule has 0 atom stereocenters. The normalized spacial score (nSPS) is 11.0. The van der Waals surface area contributed by atoms with Crippen molar-refractivity contribution >= 4 is 52.2 Å². The van der Waals surface area contributed by atoms with Crippen LogP contribution in [-0.4, -0.2) is 24.7 Å². The summed E-state index contributed by atoms with van der Waals surface area (Å²) in [4.78, 5) is 0. The maximum atomic E-state index is 13.9. The minimum atomic E-state index is -1.49. The fourth-order valence-electron chi connectivity index (χ4n) is 3.07. The highest BCUT2D eigenvalue weighted by atomic mass is 35.5. The van der Waals surface area contributed by atoms with E-state index in [0.29, 0.717) is 22.4 Å². The maximum absolute atomic E-state index is 13.9. The van der Waals surface area contributed by atoms with Crippen LogP contribution in [0, 0.1) is 23.3 Å². The fourth-order valence-corrected chi connectivity index (χ4v) is 3.79. The first-order valence-corrected chi connectivity index (χ1v) is 10.8. The van der Waals surface area contributed by atoms with Crippen molar-refractivity contribution in [2.45, 2.75) is 13.1 Å². The van der Waals surface area contributed by atoms with Gasteiger partial charge in [-0.2, -0.15) is 10.2 Å². The molecule has 0 aliphatic carbocycles. The highest BCUT2D eigenvalue weighted by Crippen LogP contribution is 2.25. The van der Waals surface area contributed by atoms with Crippen LogP contribution >= 0.6 is 35.4 Å². The molecule has 2 heterocycles. The van der Waals surface area contributed by atoms with Crippen LogP contribution in [0.4, 0.5) is 29.2 Å². The van der Waals surface area contributed by atoms with E-state index in [-0.39, 0.29) is 17.0 Å². The number of benzene rings is 2. The van der Waals surface area contributed by atoms with Crippen LogP contribution < -0.4 is 10.6 Å². The number of hydrogen-bond acceptors (Lipinski definition) is 3. The van der Waals surface area contributed by atoms with E-state index in [4.69, 9.17) is 35.4 Å². The number of nitrogens with zero attached hydrogens (tertiary/aromatic N) is 4. The Kier molecular flexibility index (Phi) is 7.05. The summed E-state index contributed by atoms with van der Waals surface area (Å²) in [6, 6.07) is 8.52. The van der Waals surface area contributed by atoms with Crippen LogP contribution in [0.1, 0.15) is 11.1 Å². The lowest BCUT2D eigenvalue weighted by atomic mass is 10.2. The van der Waals surface area contributed by atoms with Crippen molar-refractivity contribution in [3.05, 3.63) is 93.2 Å². The zero-order valence-corrected chi connectivity index (χ0v) is 19.3. The molecule has 2 N–H and O–H groups in total. The largest absolute Gasteiger partial charge is 0.316 e. The van der Waals surface area contributed by atoms with Gasteiger partial charge in [-0.15, -0.1) is 0 Å². The first-order valence-electron chi connectivity index (χ1n) is 9.61. The van der Waals surface area contributed by atoms with Gasteiger partial charge in [0.15, 0.2) is 40.0 Å². The Morgan fingerprint density at radius 1 is 0.794 bits per heavy atom. The lowest BCUT2D eigenvalue weighted by Gasteiger charge is -2.08. The second kappa shape index (κ2) is 10.00. The molecule has 0 amide bonds. The molecule has 0 spiro atoms. The van der Waals surface area contributed by atoms with Gasteiger partial charge >= 0.3 is 0 Å². The van der Waals surface area contributed by atoms with Crippen LogP contribution in [0.25, 0.3) is 0 Å². The first kappa shape index (κ1) is 24.0. The molecule has 4 rings (SSSR count). The van der Waals surface area contributed by atoms with Gasteiger partial charge in [-0.1, -0.05) is 29.3 Å². The van der Waals surface area contributed by atoms with Crippen molar-refractivity contribution in [2.24, 2.45) is 0 Å². The molecule has 34 heavy (non-hydrogen) atoms. The van der Waals surface area contributed by atoms with Gasteiger partial charge in [0.2, 0.25) is 0 Å². The van der Waals surface area contributed by atoms with Crippen molar-refractivity contribution in [2.75, 3.05) is 10.6 Å². The van der Waals surface area contributed by atoms with Gasteiger partial charge in [-0.05, 0) is 24.4 Å². The molecule has 6 nitrogen and oxygen atoms in total. The quantitative estimate of drug-likeness (QED) is 0.187. The first-order chi connectivity index (χ1) is 16.2. The van der Waals surface area contributed by atoms with Crippen LogP contribution in [0.5, 0.6) is 0 Å². The van der Waals surface area contributed by atoms with E-state index in [0.717, 1.165) is 10.2 Å². The number of hydrogen-bond donors (Lipinski definition) is 2. The van der Waals surface area contributed by atoms with Crippen LogP contribution in [0.15, 0.2) is 48.8 Å². The number of halogens is 6. The molecule has 4 aromatic rings. The van der Waals surface area contributed by atoms with E-state index in [1.807, 2.05) is 0 Å². The third-order valence-corrected chi connectivity index (χ3v) is 5.58. The SMILES string of the molecule is Fc1cc(F)c(F)c(Cn2ccc(NC(=S)Nc3ccn(Cc4c(Cl)cccc4Cl)n3)n2)c1F. The second-order valence-corrected chi connectivity index (χ2v) is 8.25. The molecular formula is C21H14Cl2F4N6S. The van der Waals surface area contributed by atoms with Crippen LogP contribution in [-0.2, 0) is 13.1 Å². The monoisotopic (exact) mass is 528 g/mol. The number of aromatic nitrogens is 4. The van der Waals surface area contributed by atoms with E-state index >= 15 is 0 Å². The van der Waals surface area contributed by atoms with Crippen molar-refractivity contribution in [3.63, 3.8) is 0 Å². The lowest BCUT2D eigenvalue weighted by molar-refractivity contribution is 0.431. The summed E-state index contributed by atoms with van der Waals surface area (Å²) in [5.74, 6) is -5.26. The van der Waals surface area contributed by atoms with Crippen LogP contribution in [0.3, 0.4) is 0 Å². The molecule has 0 unspecified atom stereocenters. The summed E-state index contributed by atoms with van der Waals surface area (Å²) < 4.78 is 57.3. The maximum Gasteiger partial charge on any atom is 0.177 e. The number of thiocarbonyl (C=S) groups is 1. The third-order valence-electron chi connectivity index (χ3n) is 4.67. The fraction of sp³-hybridized carbons (Fsp3) is 0.0952. The van der Waals surface area contributed by atoms with Crippen LogP contribution in [0.2, 0.25) is 10.0 Å². The molecule has 0 bridgehead atoms. The Morgan fingerprint density at radius 2 is 1.26 bits per heavy atom. The highest BCUT2D eigenvalue weighted by molar-refractivity contribution is 7.80. The molecule has 2 aromatic carbocycles. The predicted molar refractivity (Wildman–Crippen MR) is 125 cm³/mol. The molecule has 0 radical (unpaired) electrons. The minimum absolute atomic E-state index is 0.139. The Balaban J connectivity index is 1.38. The van der Waals surface area contributed by atoms with E-state index in [2.05, 4.69) is 20.8 Å². The molecular weight excluding hydrogens is 515 g/mol. The number of anilines is 2. The van der Waals surface area contributed by atoms with Gasteiger partial charge < -0.3 is 10.6 Å². The zero-order chi connectivity index (χ0) is 24.4. The van der Waals surface area contributed by atoms with E-state index in [1.165, 1.54) is 12.3 Å². The molecule has 2 aromatic heterocycles. The molecule has 0 aliphatic rings. The average Bonchev–Trinajstić information content (AvgIpc) is 3.41. The Bertz CT molecular complexity index is 1330. The zero-order valence-electron chi connectivity index (χ0n) is 17.0. The summed E-state index contributed by atoms with van der Waals surface area (Å²) in [5, 5.41) is 15.2. The molecule has 0 fully saturated rings. The summed E-state index contributed by atoms with van der Waals surface area (Å²) in [6.07, 6.45) is 3.08. The second-order valence-electron chi connectivity index (χ2n) is 7.02. The van der Waals surface area contributed by atoms with E-state index in [9.17, 15) is 17.6 Å². The van der Waals surface area contributed by atoms with Crippen molar-refractivity contribution in [3.8, 4) is 0 Å². The molecule has 0 aliphatic heterocycles. The minimum Gasteiger partial charge on any atom is -0.316 e. The average molecular weight is 529 g/mol. The van der Waals surface area contributed by atoms with Crippen molar-refractivity contribution in [1.29, 1.82) is 0 Å². The smallest absolute Gasteiger partial charge is 0.177 e. The number of rotatable bonds is 6. The van der Waals surface area contributed by atoms with Gasteiger partial charge in [0.05, 0.1) is 18.7 Å². The Hall–Kier alpha value is -3.15. The predicted octanol–water partition coefficient (Wildman–Crippen LogP) is 5.85. The van der Waals surface area contributed by atoms with Gasteiger partial charge in [-0.3, -0.25) is 9.36 Å². The number of nitrogens with one attached hydrogen (secondary N) is 2. The standard InChI is InChI=1S/C21H14Cl2F4N6S/c22-13-2-1-3-14(23)11(13)9-32-6-4-17(30-32)28-21(34)29-18-5-7-33(31-18)10-12-19(26)15(24)8-16(25)20(12)27/h1-8H,9-10H2,(H2,28,29,30,31,34). The Morgan fingerprint density at radius 3 is 1.76 bits per heavy atom. The summed E-state index contributed by atoms with van der Waals surface area (Å²) in [6.45, 7) is -0.179. The molecule has 0 saturated carbocycles. The third kappa shape index (κ3) is 5.32. The molecule has 176 valence electrons. The Labute approximate surface area is 206 Å². The lowest BCUT2D eigenvalue weighted by Crippen LogP contribution is -2.20. The summed E-state index contributed by atoms with van der Waals surface area (Å²) >= 11 is 17.6. The van der Waals surface area contributed by atoms with E-state index in [1.54, 1.807) is 35.1 Å². The topological polar surface area (TPSA) is 59.7 Å². The molecule has 13 heteroatoms. The highest BCUT2D eigenvalue weighted by Gasteiger charge is 2.19. The van der Waals surface area contributed by atoms with Crippen molar-refractivity contribution in [1.82, 2.24) is 19.6 Å².